The molecule has 0 spiro atoms. The summed E-state index contributed by atoms with van der Waals surface area (Å²) in [5, 5.41) is 0. The summed E-state index contributed by atoms with van der Waals surface area (Å²) in [7, 11) is 0. The van der Waals surface area contributed by atoms with Gasteiger partial charge in [0.05, 0.1) is 5.56 Å². The largest absolute Gasteiger partial charge is 0.417 e. The summed E-state index contributed by atoms with van der Waals surface area (Å²) in [4.78, 5) is 14.7. The third-order valence-electron chi connectivity index (χ3n) is 2.20. The van der Waals surface area contributed by atoms with E-state index < -0.39 is 28.9 Å². The third-order valence-corrected chi connectivity index (χ3v) is 2.20. The highest BCUT2D eigenvalue weighted by atomic mass is 19.4. The monoisotopic (exact) mass is 258 g/mol. The van der Waals surface area contributed by atoms with Crippen LogP contribution in [0.3, 0.4) is 0 Å². The van der Waals surface area contributed by atoms with Crippen molar-refractivity contribution in [2.75, 3.05) is 0 Å². The van der Waals surface area contributed by atoms with E-state index in [0.29, 0.717) is 12.3 Å². The number of rotatable bonds is 1. The zero-order valence-electron chi connectivity index (χ0n) is 8.78. The van der Waals surface area contributed by atoms with Crippen molar-refractivity contribution in [1.29, 1.82) is 0 Å². The van der Waals surface area contributed by atoms with E-state index in [0.717, 1.165) is 10.6 Å². The van der Waals surface area contributed by atoms with Crippen molar-refractivity contribution in [3.8, 4) is 5.82 Å². The van der Waals surface area contributed by atoms with Crippen molar-refractivity contribution >= 4 is 0 Å². The smallest absolute Gasteiger partial charge is 0.269 e. The van der Waals surface area contributed by atoms with E-state index in [-0.39, 0.29) is 0 Å². The average molecular weight is 258 g/mol. The highest BCUT2D eigenvalue weighted by Gasteiger charge is 2.32. The summed E-state index contributed by atoms with van der Waals surface area (Å²) >= 11 is 0. The summed E-state index contributed by atoms with van der Waals surface area (Å²) in [5.74, 6) is -1.67. The Labute approximate surface area is 98.3 Å². The molecule has 0 saturated carbocycles. The molecule has 18 heavy (non-hydrogen) atoms. The van der Waals surface area contributed by atoms with E-state index in [1.165, 1.54) is 18.3 Å². The van der Waals surface area contributed by atoms with Crippen LogP contribution < -0.4 is 5.56 Å². The van der Waals surface area contributed by atoms with Crippen LogP contribution in [-0.4, -0.2) is 9.55 Å². The second-order valence-electron chi connectivity index (χ2n) is 3.44. The van der Waals surface area contributed by atoms with Gasteiger partial charge in [-0.3, -0.25) is 9.36 Å². The Morgan fingerprint density at radius 2 is 1.94 bits per heavy atom. The van der Waals surface area contributed by atoms with Gasteiger partial charge in [0.15, 0.2) is 11.6 Å². The zero-order chi connectivity index (χ0) is 13.3. The Bertz CT molecular complexity index is 633. The van der Waals surface area contributed by atoms with Crippen molar-refractivity contribution in [1.82, 2.24) is 9.55 Å². The summed E-state index contributed by atoms with van der Waals surface area (Å²) in [6, 6.07) is 4.33. The maximum Gasteiger partial charge on any atom is 0.417 e. The quantitative estimate of drug-likeness (QED) is 0.736. The molecule has 0 radical (unpaired) electrons. The van der Waals surface area contributed by atoms with Crippen molar-refractivity contribution in [3.05, 3.63) is 58.4 Å². The molecule has 2 aromatic heterocycles. The predicted molar refractivity (Wildman–Crippen MR) is 54.8 cm³/mol. The van der Waals surface area contributed by atoms with Crippen LogP contribution in [0.15, 0.2) is 41.5 Å². The Kier molecular flexibility index (Phi) is 2.90. The summed E-state index contributed by atoms with van der Waals surface area (Å²) in [6.45, 7) is 0. The van der Waals surface area contributed by atoms with Gasteiger partial charge in [0.1, 0.15) is 0 Å². The van der Waals surface area contributed by atoms with E-state index in [2.05, 4.69) is 4.98 Å². The van der Waals surface area contributed by atoms with Gasteiger partial charge in [0.2, 0.25) is 0 Å². The van der Waals surface area contributed by atoms with Gasteiger partial charge >= 0.3 is 6.18 Å². The molecule has 0 fully saturated rings. The first-order chi connectivity index (χ1) is 8.39. The van der Waals surface area contributed by atoms with Gasteiger partial charge in [0.25, 0.3) is 5.56 Å². The molecule has 0 N–H and O–H groups in total. The molecule has 94 valence electrons. The lowest BCUT2D eigenvalue weighted by atomic mass is 10.2. The molecule has 0 aliphatic rings. The van der Waals surface area contributed by atoms with Gasteiger partial charge in [-0.15, -0.1) is 0 Å². The standard InChI is InChI=1S/C11H6F4N2O/c12-8-5-7(11(13,14)15)6-16-10(8)17-4-2-1-3-9(17)18/h1-6H. The Morgan fingerprint density at radius 1 is 1.22 bits per heavy atom. The van der Waals surface area contributed by atoms with Crippen molar-refractivity contribution < 1.29 is 17.6 Å². The minimum absolute atomic E-state index is 0.307. The van der Waals surface area contributed by atoms with Gasteiger partial charge in [-0.05, 0) is 12.1 Å². The lowest BCUT2D eigenvalue weighted by Gasteiger charge is -2.09. The molecular weight excluding hydrogens is 252 g/mol. The number of halogens is 4. The van der Waals surface area contributed by atoms with Gasteiger partial charge in [-0.1, -0.05) is 6.07 Å². The van der Waals surface area contributed by atoms with Crippen LogP contribution in [0.5, 0.6) is 0 Å². The topological polar surface area (TPSA) is 34.9 Å². The molecule has 0 aliphatic carbocycles. The molecular formula is C11H6F4N2O. The molecule has 2 rings (SSSR count). The Balaban J connectivity index is 2.56. The zero-order valence-corrected chi connectivity index (χ0v) is 8.78. The summed E-state index contributed by atoms with van der Waals surface area (Å²) in [6.07, 6.45) is -2.97. The Hall–Kier alpha value is -2.18. The number of hydrogen-bond donors (Lipinski definition) is 0. The normalized spacial score (nSPS) is 11.6. The van der Waals surface area contributed by atoms with E-state index >= 15 is 0 Å². The molecule has 0 amide bonds. The lowest BCUT2D eigenvalue weighted by molar-refractivity contribution is -0.138. The van der Waals surface area contributed by atoms with E-state index in [4.69, 9.17) is 0 Å². The minimum Gasteiger partial charge on any atom is -0.269 e. The lowest BCUT2D eigenvalue weighted by Crippen LogP contribution is -2.19. The fourth-order valence-corrected chi connectivity index (χ4v) is 1.37. The van der Waals surface area contributed by atoms with Crippen molar-refractivity contribution in [3.63, 3.8) is 0 Å². The summed E-state index contributed by atoms with van der Waals surface area (Å²) < 4.78 is 51.3. The first kappa shape index (κ1) is 12.3. The van der Waals surface area contributed by atoms with Crippen LogP contribution >= 0.6 is 0 Å². The van der Waals surface area contributed by atoms with Crippen LogP contribution in [0.25, 0.3) is 5.82 Å². The molecule has 0 aliphatic heterocycles. The SMILES string of the molecule is O=c1ccccn1-c1ncc(C(F)(F)F)cc1F. The van der Waals surface area contributed by atoms with Crippen molar-refractivity contribution in [2.24, 2.45) is 0 Å². The second kappa shape index (κ2) is 4.25. The molecule has 0 atom stereocenters. The van der Waals surface area contributed by atoms with Crippen LogP contribution in [-0.2, 0) is 6.18 Å². The molecule has 2 heterocycles. The van der Waals surface area contributed by atoms with E-state index in [1.54, 1.807) is 0 Å². The molecule has 2 aromatic rings. The second-order valence-corrected chi connectivity index (χ2v) is 3.44. The molecule has 0 aromatic carbocycles. The van der Waals surface area contributed by atoms with Gasteiger partial charge < -0.3 is 0 Å². The summed E-state index contributed by atoms with van der Waals surface area (Å²) in [5.41, 5.74) is -1.78. The number of pyridine rings is 2. The third kappa shape index (κ3) is 2.24. The molecule has 0 unspecified atom stereocenters. The number of aromatic nitrogens is 2. The predicted octanol–water partition coefficient (Wildman–Crippen LogP) is 2.39. The number of alkyl halides is 3. The maximum atomic E-state index is 13.5. The highest BCUT2D eigenvalue weighted by molar-refractivity contribution is 5.29. The molecule has 7 heteroatoms. The van der Waals surface area contributed by atoms with Crippen LogP contribution in [0.2, 0.25) is 0 Å². The van der Waals surface area contributed by atoms with Crippen LogP contribution in [0.1, 0.15) is 5.56 Å². The van der Waals surface area contributed by atoms with E-state index in [1.807, 2.05) is 0 Å². The average Bonchev–Trinajstić information content (AvgIpc) is 2.29. The van der Waals surface area contributed by atoms with Crippen molar-refractivity contribution in [2.45, 2.75) is 6.18 Å². The fraction of sp³-hybridized carbons (Fsp3) is 0.0909. The highest BCUT2D eigenvalue weighted by Crippen LogP contribution is 2.29. The maximum absolute atomic E-state index is 13.5. The molecule has 0 bridgehead atoms. The van der Waals surface area contributed by atoms with Gasteiger partial charge in [-0.2, -0.15) is 13.2 Å². The van der Waals surface area contributed by atoms with Crippen LogP contribution in [0.4, 0.5) is 17.6 Å². The number of nitrogens with zero attached hydrogens (tertiary/aromatic N) is 2. The molecule has 0 saturated heterocycles. The molecule has 3 nitrogen and oxygen atoms in total. The minimum atomic E-state index is -4.67. The fourth-order valence-electron chi connectivity index (χ4n) is 1.37. The first-order valence-corrected chi connectivity index (χ1v) is 4.80. The van der Waals surface area contributed by atoms with Gasteiger partial charge in [-0.25, -0.2) is 9.37 Å². The van der Waals surface area contributed by atoms with Crippen LogP contribution in [0, 0.1) is 5.82 Å². The first-order valence-electron chi connectivity index (χ1n) is 4.80. The number of hydrogen-bond acceptors (Lipinski definition) is 2. The van der Waals surface area contributed by atoms with Gasteiger partial charge in [0, 0.05) is 18.5 Å². The van der Waals surface area contributed by atoms with E-state index in [9.17, 15) is 22.4 Å². The Morgan fingerprint density at radius 3 is 2.50 bits per heavy atom.